The monoisotopic (exact) mass is 449 g/mol. The van der Waals surface area contributed by atoms with Crippen molar-refractivity contribution in [2.24, 2.45) is 0 Å². The van der Waals surface area contributed by atoms with Gasteiger partial charge in [-0.05, 0) is 60.9 Å². The van der Waals surface area contributed by atoms with E-state index in [1.807, 2.05) is 32.0 Å². The van der Waals surface area contributed by atoms with E-state index in [0.717, 1.165) is 11.1 Å². The van der Waals surface area contributed by atoms with E-state index in [0.29, 0.717) is 49.1 Å². The number of amides is 2. The van der Waals surface area contributed by atoms with Gasteiger partial charge in [0.05, 0.1) is 20.3 Å². The topological polar surface area (TPSA) is 101 Å². The lowest BCUT2D eigenvalue weighted by Crippen LogP contribution is -2.43. The molecule has 3 rings (SSSR count). The Morgan fingerprint density at radius 2 is 1.88 bits per heavy atom. The van der Waals surface area contributed by atoms with Crippen LogP contribution in [0.1, 0.15) is 16.7 Å². The lowest BCUT2D eigenvalue weighted by atomic mass is 10.1. The molecule has 1 aliphatic heterocycles. The summed E-state index contributed by atoms with van der Waals surface area (Å²) in [6, 6.07) is 12.5. The number of benzene rings is 2. The molecule has 0 bridgehead atoms. The molecule has 2 aromatic rings. The van der Waals surface area contributed by atoms with Gasteiger partial charge in [0.25, 0.3) is 11.8 Å². The first-order valence-corrected chi connectivity index (χ1v) is 10.6. The van der Waals surface area contributed by atoms with Gasteiger partial charge in [0.1, 0.15) is 11.6 Å². The van der Waals surface area contributed by atoms with Crippen molar-refractivity contribution >= 4 is 23.6 Å². The standard InChI is InChI=1S/C25H27N3O5/c1-17-4-6-21(12-18(17)2)27-25(30)20(15-26)13-19-5-7-22(23(14-19)31-3)33-16-24(29)28-8-10-32-11-9-28/h4-7,12-14H,8-11,16H2,1-3H3,(H,27,30). The Labute approximate surface area is 193 Å². The maximum atomic E-state index is 12.6. The molecule has 172 valence electrons. The molecular formula is C25H27N3O5. The maximum Gasteiger partial charge on any atom is 0.266 e. The normalized spacial score (nSPS) is 13.8. The third-order valence-electron chi connectivity index (χ3n) is 5.34. The van der Waals surface area contributed by atoms with Gasteiger partial charge in [0, 0.05) is 18.8 Å². The van der Waals surface area contributed by atoms with Crippen molar-refractivity contribution in [3.8, 4) is 17.6 Å². The fraction of sp³-hybridized carbons (Fsp3) is 0.320. The lowest BCUT2D eigenvalue weighted by Gasteiger charge is -2.26. The first-order valence-electron chi connectivity index (χ1n) is 10.6. The Balaban J connectivity index is 1.69. The van der Waals surface area contributed by atoms with Crippen molar-refractivity contribution in [2.75, 3.05) is 45.3 Å². The summed E-state index contributed by atoms with van der Waals surface area (Å²) < 4.78 is 16.3. The average molecular weight is 450 g/mol. The molecule has 33 heavy (non-hydrogen) atoms. The third kappa shape index (κ3) is 6.34. The van der Waals surface area contributed by atoms with Gasteiger partial charge in [-0.2, -0.15) is 5.26 Å². The molecule has 2 aromatic carbocycles. The summed E-state index contributed by atoms with van der Waals surface area (Å²) >= 11 is 0. The number of carbonyl (C=O) groups is 2. The van der Waals surface area contributed by atoms with E-state index >= 15 is 0 Å². The van der Waals surface area contributed by atoms with E-state index in [1.165, 1.54) is 13.2 Å². The lowest BCUT2D eigenvalue weighted by molar-refractivity contribution is -0.137. The van der Waals surface area contributed by atoms with E-state index in [1.54, 1.807) is 29.2 Å². The van der Waals surface area contributed by atoms with Gasteiger partial charge in [-0.25, -0.2) is 0 Å². The van der Waals surface area contributed by atoms with Crippen molar-refractivity contribution in [1.82, 2.24) is 4.90 Å². The smallest absolute Gasteiger partial charge is 0.266 e. The minimum atomic E-state index is -0.504. The highest BCUT2D eigenvalue weighted by molar-refractivity contribution is 6.09. The molecule has 8 nitrogen and oxygen atoms in total. The van der Waals surface area contributed by atoms with Gasteiger partial charge in [-0.1, -0.05) is 12.1 Å². The molecule has 0 spiro atoms. The van der Waals surface area contributed by atoms with Crippen LogP contribution in [0, 0.1) is 25.2 Å². The molecule has 8 heteroatoms. The largest absolute Gasteiger partial charge is 0.493 e. The molecule has 0 radical (unpaired) electrons. The number of ether oxygens (including phenoxy) is 3. The zero-order valence-electron chi connectivity index (χ0n) is 19.0. The van der Waals surface area contributed by atoms with Crippen molar-refractivity contribution in [3.05, 3.63) is 58.7 Å². The highest BCUT2D eigenvalue weighted by Gasteiger charge is 2.18. The number of nitriles is 1. The summed E-state index contributed by atoms with van der Waals surface area (Å²) in [6.07, 6.45) is 1.47. The minimum Gasteiger partial charge on any atom is -0.493 e. The summed E-state index contributed by atoms with van der Waals surface area (Å²) in [4.78, 5) is 26.6. The van der Waals surface area contributed by atoms with Crippen LogP contribution in [0.2, 0.25) is 0 Å². The van der Waals surface area contributed by atoms with Crippen LogP contribution in [0.3, 0.4) is 0 Å². The van der Waals surface area contributed by atoms with Gasteiger partial charge in [0.15, 0.2) is 18.1 Å². The first kappa shape index (κ1) is 23.8. The van der Waals surface area contributed by atoms with Crippen LogP contribution in [-0.2, 0) is 14.3 Å². The fourth-order valence-corrected chi connectivity index (χ4v) is 3.27. The highest BCUT2D eigenvalue weighted by Crippen LogP contribution is 2.29. The van der Waals surface area contributed by atoms with E-state index < -0.39 is 5.91 Å². The van der Waals surface area contributed by atoms with Gasteiger partial charge in [-0.15, -0.1) is 0 Å². The number of hydrogen-bond acceptors (Lipinski definition) is 6. The summed E-state index contributed by atoms with van der Waals surface area (Å²) in [6.45, 7) is 5.96. The number of morpholine rings is 1. The molecule has 0 atom stereocenters. The number of aryl methyl sites for hydroxylation is 2. The Kier molecular flexibility index (Phi) is 8.06. The third-order valence-corrected chi connectivity index (χ3v) is 5.34. The van der Waals surface area contributed by atoms with E-state index in [-0.39, 0.29) is 18.1 Å². The Morgan fingerprint density at radius 1 is 1.12 bits per heavy atom. The molecule has 1 saturated heterocycles. The SMILES string of the molecule is COc1cc(C=C(C#N)C(=O)Nc2ccc(C)c(C)c2)ccc1OCC(=O)N1CCOCC1. The number of hydrogen-bond donors (Lipinski definition) is 1. The Hall–Kier alpha value is -3.83. The van der Waals surface area contributed by atoms with E-state index in [4.69, 9.17) is 14.2 Å². The Bertz CT molecular complexity index is 1100. The number of nitrogens with zero attached hydrogens (tertiary/aromatic N) is 2. The van der Waals surface area contributed by atoms with Crippen LogP contribution in [0.15, 0.2) is 42.0 Å². The number of rotatable bonds is 7. The quantitative estimate of drug-likeness (QED) is 0.515. The minimum absolute atomic E-state index is 0.0496. The van der Waals surface area contributed by atoms with Crippen LogP contribution in [0.5, 0.6) is 11.5 Å². The summed E-state index contributed by atoms with van der Waals surface area (Å²) in [5.74, 6) is 0.162. The number of anilines is 1. The second kappa shape index (κ2) is 11.2. The van der Waals surface area contributed by atoms with Gasteiger partial charge < -0.3 is 24.4 Å². The van der Waals surface area contributed by atoms with Gasteiger partial charge >= 0.3 is 0 Å². The van der Waals surface area contributed by atoms with Gasteiger partial charge in [0.2, 0.25) is 0 Å². The molecule has 0 aromatic heterocycles. The van der Waals surface area contributed by atoms with Crippen LogP contribution >= 0.6 is 0 Å². The second-order valence-corrected chi connectivity index (χ2v) is 7.62. The van der Waals surface area contributed by atoms with E-state index in [2.05, 4.69) is 5.32 Å². The summed E-state index contributed by atoms with van der Waals surface area (Å²) in [7, 11) is 1.48. The Morgan fingerprint density at radius 3 is 2.55 bits per heavy atom. The predicted molar refractivity (Wildman–Crippen MR) is 124 cm³/mol. The fourth-order valence-electron chi connectivity index (χ4n) is 3.27. The molecule has 2 amide bonds. The summed E-state index contributed by atoms with van der Waals surface area (Å²) in [5.41, 5.74) is 3.32. The van der Waals surface area contributed by atoms with Crippen molar-refractivity contribution in [1.29, 1.82) is 5.26 Å². The molecule has 1 fully saturated rings. The van der Waals surface area contributed by atoms with Crippen LogP contribution in [0.25, 0.3) is 6.08 Å². The van der Waals surface area contributed by atoms with Gasteiger partial charge in [-0.3, -0.25) is 9.59 Å². The highest BCUT2D eigenvalue weighted by atomic mass is 16.5. The molecule has 0 unspecified atom stereocenters. The predicted octanol–water partition coefficient (Wildman–Crippen LogP) is 3.10. The second-order valence-electron chi connectivity index (χ2n) is 7.62. The van der Waals surface area contributed by atoms with Crippen molar-refractivity contribution in [2.45, 2.75) is 13.8 Å². The molecule has 1 N–H and O–H groups in total. The molecule has 0 saturated carbocycles. The number of methoxy groups -OCH3 is 1. The molecule has 1 heterocycles. The number of nitrogens with one attached hydrogen (secondary N) is 1. The summed E-state index contributed by atoms with van der Waals surface area (Å²) in [5, 5.41) is 12.2. The van der Waals surface area contributed by atoms with Crippen LogP contribution < -0.4 is 14.8 Å². The van der Waals surface area contributed by atoms with Crippen molar-refractivity contribution < 1.29 is 23.8 Å². The van der Waals surface area contributed by atoms with E-state index in [9.17, 15) is 14.9 Å². The molecule has 1 aliphatic rings. The zero-order valence-corrected chi connectivity index (χ0v) is 19.0. The molecular weight excluding hydrogens is 422 g/mol. The van der Waals surface area contributed by atoms with Crippen LogP contribution in [-0.4, -0.2) is 56.7 Å². The average Bonchev–Trinajstić information content (AvgIpc) is 2.84. The number of carbonyl (C=O) groups excluding carboxylic acids is 2. The zero-order chi connectivity index (χ0) is 23.8. The van der Waals surface area contributed by atoms with Crippen LogP contribution in [0.4, 0.5) is 5.69 Å². The maximum absolute atomic E-state index is 12.6. The molecule has 0 aliphatic carbocycles. The first-order chi connectivity index (χ1) is 15.9. The van der Waals surface area contributed by atoms with Crippen molar-refractivity contribution in [3.63, 3.8) is 0 Å².